The molecule has 1 aliphatic rings. The number of fused-ring (bicyclic) bond motifs is 1. The summed E-state index contributed by atoms with van der Waals surface area (Å²) in [4.78, 5) is 26.7. The second kappa shape index (κ2) is 7.54. The standard InChI is InChI=1S/C22H27N3O3/c1-14(16-9-7-6-8-10-16)25-18-12-11-17(23-21(27)24-22(3,4)5)13-19(18)28-15(2)20(25)26/h6-15H,1-5H3,(H2,23,24,27)/t14-,15-/m0/s1. The molecule has 2 aromatic carbocycles. The first-order chi connectivity index (χ1) is 13.2. The van der Waals surface area contributed by atoms with Crippen molar-refractivity contribution in [3.05, 3.63) is 54.1 Å². The SMILES string of the molecule is C[C@@H]1Oc2cc(NC(=O)NC(C)(C)C)ccc2N([C@@H](C)c2ccccc2)C1=O. The molecule has 148 valence electrons. The van der Waals surface area contributed by atoms with Crippen molar-refractivity contribution in [2.75, 3.05) is 10.2 Å². The molecule has 3 amide bonds. The van der Waals surface area contributed by atoms with Gasteiger partial charge in [-0.25, -0.2) is 4.79 Å². The van der Waals surface area contributed by atoms with Crippen LogP contribution in [0.15, 0.2) is 48.5 Å². The molecule has 6 heteroatoms. The number of nitrogens with zero attached hydrogens (tertiary/aromatic N) is 1. The van der Waals surface area contributed by atoms with E-state index in [1.54, 1.807) is 24.0 Å². The normalized spacial score (nSPS) is 17.4. The lowest BCUT2D eigenvalue weighted by Gasteiger charge is -2.37. The topological polar surface area (TPSA) is 70.7 Å². The first kappa shape index (κ1) is 19.7. The molecule has 28 heavy (non-hydrogen) atoms. The first-order valence-electron chi connectivity index (χ1n) is 9.43. The molecule has 0 spiro atoms. The number of amides is 3. The molecule has 1 heterocycles. The van der Waals surface area contributed by atoms with Gasteiger partial charge in [-0.2, -0.15) is 0 Å². The lowest BCUT2D eigenvalue weighted by atomic mass is 10.0. The average molecular weight is 381 g/mol. The third-order valence-corrected chi connectivity index (χ3v) is 4.52. The number of hydrogen-bond donors (Lipinski definition) is 2. The van der Waals surface area contributed by atoms with E-state index in [4.69, 9.17) is 4.74 Å². The Hall–Kier alpha value is -3.02. The molecule has 1 aliphatic heterocycles. The minimum absolute atomic E-state index is 0.0879. The van der Waals surface area contributed by atoms with Crippen molar-refractivity contribution in [1.82, 2.24) is 5.32 Å². The third-order valence-electron chi connectivity index (χ3n) is 4.52. The van der Waals surface area contributed by atoms with E-state index in [1.807, 2.05) is 64.1 Å². The van der Waals surface area contributed by atoms with Gasteiger partial charge in [0.05, 0.1) is 11.7 Å². The fourth-order valence-electron chi connectivity index (χ4n) is 3.22. The fraction of sp³-hybridized carbons (Fsp3) is 0.364. The molecule has 0 fully saturated rings. The number of rotatable bonds is 3. The number of ether oxygens (including phenoxy) is 1. The number of urea groups is 1. The highest BCUT2D eigenvalue weighted by molar-refractivity contribution is 6.01. The molecule has 2 N–H and O–H groups in total. The Morgan fingerprint density at radius 1 is 1.14 bits per heavy atom. The van der Waals surface area contributed by atoms with Gasteiger partial charge in [-0.3, -0.25) is 9.69 Å². The van der Waals surface area contributed by atoms with Crippen molar-refractivity contribution in [3.8, 4) is 5.75 Å². The molecule has 0 bridgehead atoms. The van der Waals surface area contributed by atoms with Crippen molar-refractivity contribution in [2.24, 2.45) is 0 Å². The van der Waals surface area contributed by atoms with Crippen molar-refractivity contribution >= 4 is 23.3 Å². The first-order valence-corrected chi connectivity index (χ1v) is 9.43. The van der Waals surface area contributed by atoms with Crippen LogP contribution in [-0.2, 0) is 4.79 Å². The molecule has 0 aliphatic carbocycles. The van der Waals surface area contributed by atoms with Gasteiger partial charge in [0.25, 0.3) is 5.91 Å². The van der Waals surface area contributed by atoms with E-state index in [0.29, 0.717) is 17.1 Å². The van der Waals surface area contributed by atoms with Crippen molar-refractivity contribution in [1.29, 1.82) is 0 Å². The molecule has 0 radical (unpaired) electrons. The molecule has 2 atom stereocenters. The molecular weight excluding hydrogens is 354 g/mol. The summed E-state index contributed by atoms with van der Waals surface area (Å²) >= 11 is 0. The Morgan fingerprint density at radius 2 is 1.82 bits per heavy atom. The highest BCUT2D eigenvalue weighted by atomic mass is 16.5. The fourth-order valence-corrected chi connectivity index (χ4v) is 3.22. The molecule has 0 saturated heterocycles. The van der Waals surface area contributed by atoms with Crippen molar-refractivity contribution in [3.63, 3.8) is 0 Å². The van der Waals surface area contributed by atoms with Crippen LogP contribution < -0.4 is 20.3 Å². The molecule has 6 nitrogen and oxygen atoms in total. The number of carbonyl (C=O) groups excluding carboxylic acids is 2. The van der Waals surface area contributed by atoms with E-state index in [1.165, 1.54) is 0 Å². The summed E-state index contributed by atoms with van der Waals surface area (Å²) in [6.07, 6.45) is -0.600. The van der Waals surface area contributed by atoms with Crippen LogP contribution in [0.5, 0.6) is 5.75 Å². The molecule has 3 rings (SSSR count). The molecule has 0 aromatic heterocycles. The average Bonchev–Trinajstić information content (AvgIpc) is 2.61. The number of nitrogens with one attached hydrogen (secondary N) is 2. The van der Waals surface area contributed by atoms with Crippen LogP contribution in [0, 0.1) is 0 Å². The summed E-state index contributed by atoms with van der Waals surface area (Å²) in [6.45, 7) is 9.48. The predicted octanol–water partition coefficient (Wildman–Crippen LogP) is 4.48. The maximum Gasteiger partial charge on any atom is 0.319 e. The zero-order valence-corrected chi connectivity index (χ0v) is 16.9. The summed E-state index contributed by atoms with van der Waals surface area (Å²) in [5, 5.41) is 5.67. The van der Waals surface area contributed by atoms with Crippen LogP contribution in [0.25, 0.3) is 0 Å². The van der Waals surface area contributed by atoms with E-state index in [0.717, 1.165) is 5.56 Å². The van der Waals surface area contributed by atoms with E-state index in [-0.39, 0.29) is 23.5 Å². The van der Waals surface area contributed by atoms with Crippen LogP contribution in [-0.4, -0.2) is 23.6 Å². The van der Waals surface area contributed by atoms with Crippen LogP contribution in [0.3, 0.4) is 0 Å². The zero-order chi connectivity index (χ0) is 20.5. The van der Waals surface area contributed by atoms with Gasteiger partial charge in [0, 0.05) is 17.3 Å². The zero-order valence-electron chi connectivity index (χ0n) is 16.9. The van der Waals surface area contributed by atoms with E-state index in [2.05, 4.69) is 10.6 Å². The van der Waals surface area contributed by atoms with Crippen LogP contribution in [0.1, 0.15) is 46.2 Å². The quantitative estimate of drug-likeness (QED) is 0.823. The Morgan fingerprint density at radius 3 is 2.46 bits per heavy atom. The van der Waals surface area contributed by atoms with Gasteiger partial charge in [-0.05, 0) is 52.3 Å². The van der Waals surface area contributed by atoms with E-state index >= 15 is 0 Å². The molecule has 2 aromatic rings. The minimum atomic E-state index is -0.600. The van der Waals surface area contributed by atoms with Gasteiger partial charge in [-0.1, -0.05) is 30.3 Å². The largest absolute Gasteiger partial charge is 0.479 e. The number of benzene rings is 2. The summed E-state index contributed by atoms with van der Waals surface area (Å²) in [6, 6.07) is 14.8. The van der Waals surface area contributed by atoms with E-state index < -0.39 is 6.10 Å². The number of anilines is 2. The maximum absolute atomic E-state index is 12.8. The second-order valence-electron chi connectivity index (χ2n) is 8.07. The van der Waals surface area contributed by atoms with Crippen LogP contribution in [0.4, 0.5) is 16.2 Å². The highest BCUT2D eigenvalue weighted by Crippen LogP contribution is 2.40. The van der Waals surface area contributed by atoms with Gasteiger partial charge in [0.2, 0.25) is 0 Å². The van der Waals surface area contributed by atoms with Gasteiger partial charge in [-0.15, -0.1) is 0 Å². The highest BCUT2D eigenvalue weighted by Gasteiger charge is 2.35. The minimum Gasteiger partial charge on any atom is -0.479 e. The summed E-state index contributed by atoms with van der Waals surface area (Å²) in [5.74, 6) is 0.485. The Bertz CT molecular complexity index is 874. The molecular formula is C22H27N3O3. The second-order valence-corrected chi connectivity index (χ2v) is 8.07. The van der Waals surface area contributed by atoms with Gasteiger partial charge >= 0.3 is 6.03 Å². The number of hydrogen-bond acceptors (Lipinski definition) is 3. The Labute approximate surface area is 165 Å². The Balaban J connectivity index is 1.89. The summed E-state index contributed by atoms with van der Waals surface area (Å²) in [7, 11) is 0. The third kappa shape index (κ3) is 4.27. The lowest BCUT2D eigenvalue weighted by molar-refractivity contribution is -0.126. The summed E-state index contributed by atoms with van der Waals surface area (Å²) < 4.78 is 5.82. The van der Waals surface area contributed by atoms with E-state index in [9.17, 15) is 9.59 Å². The Kier molecular flexibility index (Phi) is 5.31. The van der Waals surface area contributed by atoms with Gasteiger partial charge in [0.1, 0.15) is 5.75 Å². The van der Waals surface area contributed by atoms with Gasteiger partial charge in [0.15, 0.2) is 6.10 Å². The molecule has 0 saturated carbocycles. The monoisotopic (exact) mass is 381 g/mol. The predicted molar refractivity (Wildman–Crippen MR) is 111 cm³/mol. The van der Waals surface area contributed by atoms with Crippen LogP contribution >= 0.6 is 0 Å². The molecule has 0 unspecified atom stereocenters. The number of carbonyl (C=O) groups is 2. The van der Waals surface area contributed by atoms with Gasteiger partial charge < -0.3 is 15.4 Å². The maximum atomic E-state index is 12.8. The smallest absolute Gasteiger partial charge is 0.319 e. The van der Waals surface area contributed by atoms with Crippen LogP contribution in [0.2, 0.25) is 0 Å². The summed E-state index contributed by atoms with van der Waals surface area (Å²) in [5.41, 5.74) is 2.01. The van der Waals surface area contributed by atoms with Crippen molar-refractivity contribution < 1.29 is 14.3 Å². The lowest BCUT2D eigenvalue weighted by Crippen LogP contribution is -2.45. The van der Waals surface area contributed by atoms with Crippen molar-refractivity contribution in [2.45, 2.75) is 52.3 Å².